The molecule has 1 amide bonds. The Morgan fingerprint density at radius 1 is 1.47 bits per heavy atom. The Bertz CT molecular complexity index is 314. The molecule has 0 saturated carbocycles. The molecule has 1 rings (SSSR count). The number of sulfone groups is 1. The molecule has 1 atom stereocenters. The molecule has 0 aromatic carbocycles. The predicted octanol–water partition coefficient (Wildman–Crippen LogP) is -2.00. The van der Waals surface area contributed by atoms with Crippen LogP contribution in [0, 0.1) is 0 Å². The van der Waals surface area contributed by atoms with Crippen LogP contribution in [0.5, 0.6) is 0 Å². The second kappa shape index (κ2) is 4.91. The summed E-state index contributed by atoms with van der Waals surface area (Å²) < 4.78 is 22.2. The highest BCUT2D eigenvalue weighted by Crippen LogP contribution is 2.11. The van der Waals surface area contributed by atoms with E-state index in [1.807, 2.05) is 0 Å². The molecule has 1 aliphatic rings. The minimum absolute atomic E-state index is 0.0440. The van der Waals surface area contributed by atoms with Crippen molar-refractivity contribution in [2.75, 3.05) is 18.1 Å². The zero-order chi connectivity index (χ0) is 11.5. The quantitative estimate of drug-likeness (QED) is 0.523. The molecule has 0 aliphatic carbocycles. The average molecular weight is 236 g/mol. The van der Waals surface area contributed by atoms with Crippen molar-refractivity contribution in [2.45, 2.75) is 25.0 Å². The summed E-state index contributed by atoms with van der Waals surface area (Å²) in [6.07, 6.45) is -0.162. The third-order valence-corrected chi connectivity index (χ3v) is 4.20. The molecule has 0 aromatic heterocycles. The smallest absolute Gasteiger partial charge is 0.247 e. The van der Waals surface area contributed by atoms with Gasteiger partial charge in [0.2, 0.25) is 5.91 Å². The first-order valence-electron chi connectivity index (χ1n) is 4.82. The second-order valence-electron chi connectivity index (χ2n) is 3.75. The van der Waals surface area contributed by atoms with Crippen molar-refractivity contribution in [1.29, 1.82) is 0 Å². The Kier molecular flexibility index (Phi) is 4.06. The van der Waals surface area contributed by atoms with Gasteiger partial charge in [0.1, 0.15) is 15.9 Å². The van der Waals surface area contributed by atoms with E-state index in [1.54, 1.807) is 0 Å². The Morgan fingerprint density at radius 2 is 2.00 bits per heavy atom. The first-order chi connectivity index (χ1) is 6.91. The number of aliphatic hydroxyl groups is 1. The zero-order valence-corrected chi connectivity index (χ0v) is 9.16. The molecule has 0 bridgehead atoms. The van der Waals surface area contributed by atoms with E-state index in [2.05, 4.69) is 5.32 Å². The van der Waals surface area contributed by atoms with Crippen LogP contribution in [0.2, 0.25) is 0 Å². The van der Waals surface area contributed by atoms with Gasteiger partial charge in [-0.2, -0.15) is 0 Å². The van der Waals surface area contributed by atoms with Crippen LogP contribution in [0.4, 0.5) is 0 Å². The summed E-state index contributed by atoms with van der Waals surface area (Å²) in [5, 5.41) is 12.0. The summed E-state index contributed by atoms with van der Waals surface area (Å²) >= 11 is 0. The number of rotatable bonds is 4. The summed E-state index contributed by atoms with van der Waals surface area (Å²) in [4.78, 5) is 10.5. The lowest BCUT2D eigenvalue weighted by Gasteiger charge is -2.23. The molecule has 4 N–H and O–H groups in total. The number of carbonyl (C=O) groups is 1. The third-order valence-electron chi connectivity index (χ3n) is 2.48. The lowest BCUT2D eigenvalue weighted by Crippen LogP contribution is -2.44. The van der Waals surface area contributed by atoms with E-state index in [9.17, 15) is 13.2 Å². The summed E-state index contributed by atoms with van der Waals surface area (Å²) in [5.41, 5.74) is 4.87. The van der Waals surface area contributed by atoms with Gasteiger partial charge in [0.25, 0.3) is 0 Å². The van der Waals surface area contributed by atoms with Crippen LogP contribution < -0.4 is 11.1 Å². The van der Waals surface area contributed by atoms with Crippen molar-refractivity contribution in [3.8, 4) is 0 Å². The molecule has 0 spiro atoms. The van der Waals surface area contributed by atoms with Crippen molar-refractivity contribution >= 4 is 15.7 Å². The van der Waals surface area contributed by atoms with Crippen LogP contribution in [0.1, 0.15) is 12.8 Å². The van der Waals surface area contributed by atoms with Crippen LogP contribution in [-0.4, -0.2) is 49.6 Å². The zero-order valence-electron chi connectivity index (χ0n) is 8.35. The number of nitrogens with one attached hydrogen (secondary N) is 1. The molecule has 1 saturated heterocycles. The van der Waals surface area contributed by atoms with Gasteiger partial charge in [-0.15, -0.1) is 0 Å². The van der Waals surface area contributed by atoms with Gasteiger partial charge in [-0.05, 0) is 12.8 Å². The van der Waals surface area contributed by atoms with Gasteiger partial charge in [-0.1, -0.05) is 0 Å². The molecule has 0 radical (unpaired) electrons. The van der Waals surface area contributed by atoms with Gasteiger partial charge in [0.05, 0.1) is 11.5 Å². The number of hydrogen-bond donors (Lipinski definition) is 3. The molecule has 6 nitrogen and oxygen atoms in total. The number of nitrogens with two attached hydrogens (primary N) is 1. The van der Waals surface area contributed by atoms with Crippen molar-refractivity contribution in [3.63, 3.8) is 0 Å². The minimum Gasteiger partial charge on any atom is -0.382 e. The fraction of sp³-hybridized carbons (Fsp3) is 0.875. The normalized spacial score (nSPS) is 23.5. The van der Waals surface area contributed by atoms with Crippen LogP contribution in [0.25, 0.3) is 0 Å². The Balaban J connectivity index is 2.28. The van der Waals surface area contributed by atoms with Gasteiger partial charge >= 0.3 is 0 Å². The molecule has 1 aliphatic heterocycles. The molecule has 7 heteroatoms. The van der Waals surface area contributed by atoms with E-state index in [1.165, 1.54) is 0 Å². The molecular formula is C8H16N2O4S. The number of aliphatic hydroxyl groups excluding tert-OH is 1. The fourth-order valence-electron chi connectivity index (χ4n) is 1.47. The molecule has 1 heterocycles. The van der Waals surface area contributed by atoms with Gasteiger partial charge in [0.15, 0.2) is 0 Å². The fourth-order valence-corrected chi connectivity index (χ4v) is 2.96. The monoisotopic (exact) mass is 236 g/mol. The SMILES string of the molecule is NC(=O)C(O)CNC1CCS(=O)(=O)CC1. The molecule has 0 aromatic rings. The summed E-state index contributed by atoms with van der Waals surface area (Å²) in [7, 11) is -2.86. The number of amides is 1. The summed E-state index contributed by atoms with van der Waals surface area (Å²) in [5.74, 6) is -0.444. The van der Waals surface area contributed by atoms with E-state index >= 15 is 0 Å². The van der Waals surface area contributed by atoms with Crippen LogP contribution in [0.15, 0.2) is 0 Å². The average Bonchev–Trinajstić information content (AvgIpc) is 2.15. The minimum atomic E-state index is -2.86. The second-order valence-corrected chi connectivity index (χ2v) is 6.06. The lowest BCUT2D eigenvalue weighted by atomic mass is 10.1. The van der Waals surface area contributed by atoms with E-state index in [0.29, 0.717) is 12.8 Å². The maximum Gasteiger partial charge on any atom is 0.247 e. The van der Waals surface area contributed by atoms with Crippen LogP contribution >= 0.6 is 0 Å². The van der Waals surface area contributed by atoms with Gasteiger partial charge in [-0.3, -0.25) is 4.79 Å². The molecule has 15 heavy (non-hydrogen) atoms. The number of hydrogen-bond acceptors (Lipinski definition) is 5. The molecule has 1 fully saturated rings. The standard InChI is InChI=1S/C8H16N2O4S/c9-8(12)7(11)5-10-6-1-3-15(13,14)4-2-6/h6-7,10-11H,1-5H2,(H2,9,12). The first kappa shape index (κ1) is 12.4. The Labute approximate surface area is 88.8 Å². The van der Waals surface area contributed by atoms with E-state index in [4.69, 9.17) is 10.8 Å². The predicted molar refractivity (Wildman–Crippen MR) is 54.9 cm³/mol. The van der Waals surface area contributed by atoms with Crippen molar-refractivity contribution in [2.24, 2.45) is 5.73 Å². The number of carbonyl (C=O) groups excluding carboxylic acids is 1. The molecule has 88 valence electrons. The number of primary amides is 1. The van der Waals surface area contributed by atoms with Gasteiger partial charge in [0, 0.05) is 12.6 Å². The van der Waals surface area contributed by atoms with E-state index < -0.39 is 21.8 Å². The highest BCUT2D eigenvalue weighted by Gasteiger charge is 2.24. The van der Waals surface area contributed by atoms with Crippen molar-refractivity contribution < 1.29 is 18.3 Å². The molecular weight excluding hydrogens is 220 g/mol. The van der Waals surface area contributed by atoms with Crippen LogP contribution in [-0.2, 0) is 14.6 Å². The van der Waals surface area contributed by atoms with Crippen LogP contribution in [0.3, 0.4) is 0 Å². The van der Waals surface area contributed by atoms with Crippen molar-refractivity contribution in [3.05, 3.63) is 0 Å². The highest BCUT2D eigenvalue weighted by molar-refractivity contribution is 7.91. The first-order valence-corrected chi connectivity index (χ1v) is 6.64. The lowest BCUT2D eigenvalue weighted by molar-refractivity contribution is -0.125. The summed E-state index contributed by atoms with van der Waals surface area (Å²) in [6.45, 7) is 0.0834. The summed E-state index contributed by atoms with van der Waals surface area (Å²) in [6, 6.07) is 0.0440. The maximum atomic E-state index is 11.1. The largest absolute Gasteiger partial charge is 0.382 e. The topological polar surface area (TPSA) is 109 Å². The third kappa shape index (κ3) is 4.15. The van der Waals surface area contributed by atoms with Gasteiger partial charge < -0.3 is 16.2 Å². The van der Waals surface area contributed by atoms with E-state index in [0.717, 1.165) is 0 Å². The maximum absolute atomic E-state index is 11.1. The molecule has 1 unspecified atom stereocenters. The van der Waals surface area contributed by atoms with Gasteiger partial charge in [-0.25, -0.2) is 8.42 Å². The Morgan fingerprint density at radius 3 is 2.47 bits per heavy atom. The van der Waals surface area contributed by atoms with E-state index in [-0.39, 0.29) is 24.1 Å². The van der Waals surface area contributed by atoms with Crippen molar-refractivity contribution in [1.82, 2.24) is 5.32 Å². The highest BCUT2D eigenvalue weighted by atomic mass is 32.2. The Hall–Kier alpha value is -0.660.